The second kappa shape index (κ2) is 6.77. The maximum absolute atomic E-state index is 10.3. The van der Waals surface area contributed by atoms with Gasteiger partial charge in [0, 0.05) is 38.4 Å². The molecule has 5 nitrogen and oxygen atoms in total. The first kappa shape index (κ1) is 14.8. The van der Waals surface area contributed by atoms with E-state index in [1.807, 2.05) is 24.3 Å². The third kappa shape index (κ3) is 3.96. The normalized spacial score (nSPS) is 17.0. The minimum Gasteiger partial charge on any atom is -0.491 e. The summed E-state index contributed by atoms with van der Waals surface area (Å²) >= 11 is 0. The molecule has 0 saturated carbocycles. The van der Waals surface area contributed by atoms with Crippen molar-refractivity contribution < 1.29 is 19.3 Å². The summed E-state index contributed by atoms with van der Waals surface area (Å²) in [5.74, 6) is 2.17. The summed E-state index contributed by atoms with van der Waals surface area (Å²) in [6.45, 7) is 1.44. The Hall–Kier alpha value is -2.11. The molecule has 1 aromatic heterocycles. The van der Waals surface area contributed by atoms with E-state index in [-0.39, 0.29) is 6.61 Å². The highest BCUT2D eigenvalue weighted by Gasteiger charge is 2.30. The van der Waals surface area contributed by atoms with E-state index in [1.54, 1.807) is 24.5 Å². The van der Waals surface area contributed by atoms with Crippen LogP contribution in [0.2, 0.25) is 0 Å². The highest BCUT2D eigenvalue weighted by atomic mass is 16.5. The molecule has 0 atom stereocenters. The summed E-state index contributed by atoms with van der Waals surface area (Å²) in [6, 6.07) is 10.9. The van der Waals surface area contributed by atoms with E-state index in [4.69, 9.17) is 14.2 Å². The fraction of sp³-hybridized carbons (Fsp3) is 0.353. The van der Waals surface area contributed by atoms with Crippen LogP contribution in [0.4, 0.5) is 0 Å². The topological polar surface area (TPSA) is 60.8 Å². The largest absolute Gasteiger partial charge is 0.491 e. The minimum absolute atomic E-state index is 0.279. The molecule has 1 aliphatic rings. The number of hydrogen-bond donors (Lipinski definition) is 1. The number of pyridine rings is 1. The van der Waals surface area contributed by atoms with Gasteiger partial charge in [-0.2, -0.15) is 0 Å². The molecule has 116 valence electrons. The van der Waals surface area contributed by atoms with Crippen molar-refractivity contribution in [1.29, 1.82) is 0 Å². The van der Waals surface area contributed by atoms with Gasteiger partial charge in [0.2, 0.25) is 0 Å². The van der Waals surface area contributed by atoms with Gasteiger partial charge < -0.3 is 19.3 Å². The number of ether oxygens (including phenoxy) is 3. The summed E-state index contributed by atoms with van der Waals surface area (Å²) in [7, 11) is 0. The Morgan fingerprint density at radius 1 is 0.955 bits per heavy atom. The molecular weight excluding hydrogens is 282 g/mol. The third-order valence-electron chi connectivity index (χ3n) is 3.64. The number of nitrogens with zero attached hydrogens (tertiary/aromatic N) is 1. The van der Waals surface area contributed by atoms with Crippen LogP contribution in [0.5, 0.6) is 17.2 Å². The molecule has 5 heteroatoms. The second-order valence-corrected chi connectivity index (χ2v) is 5.38. The molecule has 1 aliphatic heterocycles. The van der Waals surface area contributed by atoms with Crippen molar-refractivity contribution in [2.24, 2.45) is 0 Å². The summed E-state index contributed by atoms with van der Waals surface area (Å²) in [4.78, 5) is 3.94. The van der Waals surface area contributed by atoms with Gasteiger partial charge in [0.05, 0.1) is 0 Å². The number of aliphatic hydroxyl groups is 1. The van der Waals surface area contributed by atoms with Gasteiger partial charge in [-0.15, -0.1) is 0 Å². The fourth-order valence-corrected chi connectivity index (χ4v) is 2.26. The second-order valence-electron chi connectivity index (χ2n) is 5.38. The molecule has 1 N–H and O–H groups in total. The zero-order valence-electron chi connectivity index (χ0n) is 12.3. The third-order valence-corrected chi connectivity index (χ3v) is 3.64. The van der Waals surface area contributed by atoms with Crippen LogP contribution in [0.25, 0.3) is 0 Å². The average molecular weight is 301 g/mol. The van der Waals surface area contributed by atoms with Crippen molar-refractivity contribution in [3.05, 3.63) is 48.8 Å². The number of benzene rings is 1. The minimum atomic E-state index is -0.787. The Bertz CT molecular complexity index is 579. The summed E-state index contributed by atoms with van der Waals surface area (Å²) in [6.07, 6.45) is 4.58. The Morgan fingerprint density at radius 2 is 1.55 bits per heavy atom. The van der Waals surface area contributed by atoms with Crippen molar-refractivity contribution in [3.63, 3.8) is 0 Å². The number of rotatable bonds is 5. The van der Waals surface area contributed by atoms with Crippen LogP contribution in [-0.2, 0) is 4.74 Å². The summed E-state index contributed by atoms with van der Waals surface area (Å²) in [5, 5.41) is 10.3. The van der Waals surface area contributed by atoms with Crippen LogP contribution in [0.3, 0.4) is 0 Å². The van der Waals surface area contributed by atoms with Gasteiger partial charge in [-0.3, -0.25) is 4.98 Å². The molecular formula is C17H19NO4. The molecule has 2 aromatic rings. The predicted octanol–water partition coefficient (Wildman–Crippen LogP) is 2.79. The monoisotopic (exact) mass is 301 g/mol. The highest BCUT2D eigenvalue weighted by Crippen LogP contribution is 2.25. The Labute approximate surface area is 129 Å². The van der Waals surface area contributed by atoms with Crippen LogP contribution in [0, 0.1) is 0 Å². The standard InChI is InChI=1S/C17H19NO4/c19-17(7-11-20-12-8-17)13-21-14-1-3-15(4-2-14)22-16-5-9-18-10-6-16/h1-6,9-10,19H,7-8,11-13H2. The molecule has 1 aromatic carbocycles. The van der Waals surface area contributed by atoms with E-state index in [0.717, 1.165) is 11.5 Å². The molecule has 0 spiro atoms. The van der Waals surface area contributed by atoms with E-state index in [0.29, 0.717) is 31.8 Å². The van der Waals surface area contributed by atoms with Gasteiger partial charge in [-0.1, -0.05) is 0 Å². The quantitative estimate of drug-likeness (QED) is 0.920. The Balaban J connectivity index is 1.55. The zero-order chi connectivity index (χ0) is 15.3. The fourth-order valence-electron chi connectivity index (χ4n) is 2.26. The van der Waals surface area contributed by atoms with Crippen LogP contribution in [-0.4, -0.2) is 35.5 Å². The van der Waals surface area contributed by atoms with Gasteiger partial charge in [-0.05, 0) is 36.4 Å². The van der Waals surface area contributed by atoms with E-state index in [1.165, 1.54) is 0 Å². The lowest BCUT2D eigenvalue weighted by molar-refractivity contribution is -0.0855. The smallest absolute Gasteiger partial charge is 0.130 e. The van der Waals surface area contributed by atoms with Crippen molar-refractivity contribution in [3.8, 4) is 17.2 Å². The molecule has 1 fully saturated rings. The summed E-state index contributed by atoms with van der Waals surface area (Å²) < 4.78 is 16.6. The van der Waals surface area contributed by atoms with Crippen LogP contribution in [0.1, 0.15) is 12.8 Å². The van der Waals surface area contributed by atoms with Crippen molar-refractivity contribution in [2.75, 3.05) is 19.8 Å². The van der Waals surface area contributed by atoms with Crippen molar-refractivity contribution in [2.45, 2.75) is 18.4 Å². The maximum Gasteiger partial charge on any atom is 0.130 e. The van der Waals surface area contributed by atoms with Crippen molar-refractivity contribution >= 4 is 0 Å². The predicted molar refractivity (Wildman–Crippen MR) is 81.3 cm³/mol. The van der Waals surface area contributed by atoms with Gasteiger partial charge in [0.25, 0.3) is 0 Å². The lowest BCUT2D eigenvalue weighted by atomic mass is 9.96. The molecule has 22 heavy (non-hydrogen) atoms. The highest BCUT2D eigenvalue weighted by molar-refractivity contribution is 5.34. The number of hydrogen-bond acceptors (Lipinski definition) is 5. The molecule has 1 saturated heterocycles. The van der Waals surface area contributed by atoms with E-state index < -0.39 is 5.60 Å². The molecule has 3 rings (SSSR count). The van der Waals surface area contributed by atoms with Crippen LogP contribution >= 0.6 is 0 Å². The molecule has 0 radical (unpaired) electrons. The van der Waals surface area contributed by atoms with Crippen LogP contribution < -0.4 is 9.47 Å². The number of aromatic nitrogens is 1. The van der Waals surface area contributed by atoms with Gasteiger partial charge in [0.15, 0.2) is 0 Å². The lowest BCUT2D eigenvalue weighted by Gasteiger charge is -2.31. The summed E-state index contributed by atoms with van der Waals surface area (Å²) in [5.41, 5.74) is -0.787. The molecule has 0 unspecified atom stereocenters. The molecule has 0 bridgehead atoms. The Kier molecular flexibility index (Phi) is 4.56. The first-order chi connectivity index (χ1) is 10.7. The van der Waals surface area contributed by atoms with Gasteiger partial charge in [-0.25, -0.2) is 0 Å². The van der Waals surface area contributed by atoms with Gasteiger partial charge in [0.1, 0.15) is 29.5 Å². The Morgan fingerprint density at radius 3 is 2.23 bits per heavy atom. The van der Waals surface area contributed by atoms with Crippen molar-refractivity contribution in [1.82, 2.24) is 4.98 Å². The molecule has 0 amide bonds. The first-order valence-electron chi connectivity index (χ1n) is 7.34. The zero-order valence-corrected chi connectivity index (χ0v) is 12.3. The maximum atomic E-state index is 10.3. The van der Waals surface area contributed by atoms with Crippen LogP contribution in [0.15, 0.2) is 48.8 Å². The molecule has 0 aliphatic carbocycles. The van der Waals surface area contributed by atoms with E-state index in [2.05, 4.69) is 4.98 Å². The van der Waals surface area contributed by atoms with E-state index in [9.17, 15) is 5.11 Å². The average Bonchev–Trinajstić information content (AvgIpc) is 2.56. The van der Waals surface area contributed by atoms with E-state index >= 15 is 0 Å². The lowest BCUT2D eigenvalue weighted by Crippen LogP contribution is -2.41. The molecule has 2 heterocycles. The SMILES string of the molecule is OC1(COc2ccc(Oc3ccncc3)cc2)CCOCC1. The first-order valence-corrected chi connectivity index (χ1v) is 7.34. The van der Waals surface area contributed by atoms with Gasteiger partial charge >= 0.3 is 0 Å².